The van der Waals surface area contributed by atoms with Gasteiger partial charge in [0.15, 0.2) is 0 Å². The molecule has 0 saturated heterocycles. The Bertz CT molecular complexity index is 370. The predicted molar refractivity (Wildman–Crippen MR) is 57.9 cm³/mol. The van der Waals surface area contributed by atoms with E-state index in [4.69, 9.17) is 15.6 Å². The fourth-order valence-corrected chi connectivity index (χ4v) is 1.57. The molecule has 0 aliphatic carbocycles. The van der Waals surface area contributed by atoms with E-state index in [1.165, 1.54) is 13.3 Å². The molecule has 15 heavy (non-hydrogen) atoms. The van der Waals surface area contributed by atoms with Gasteiger partial charge in [-0.05, 0) is 22.0 Å². The molecule has 0 aliphatic heterocycles. The van der Waals surface area contributed by atoms with Gasteiger partial charge in [0.25, 0.3) is 0 Å². The number of nitrogens with zero attached hydrogens (tertiary/aromatic N) is 1. The fraction of sp³-hybridized carbons (Fsp3) is 0.333. The number of aliphatic carboxylic acids is 1. The molecule has 3 N–H and O–H groups in total. The fourth-order valence-electron chi connectivity index (χ4n) is 1.22. The third kappa shape index (κ3) is 2.66. The van der Waals surface area contributed by atoms with Crippen molar-refractivity contribution < 1.29 is 14.6 Å². The van der Waals surface area contributed by atoms with Crippen LogP contribution in [0.25, 0.3) is 0 Å². The van der Waals surface area contributed by atoms with E-state index in [-0.39, 0.29) is 12.4 Å². The smallest absolute Gasteiger partial charge is 0.312 e. The number of carboxylic acid groups (broad SMARTS) is 1. The van der Waals surface area contributed by atoms with Crippen LogP contribution in [0.3, 0.4) is 0 Å². The summed E-state index contributed by atoms with van der Waals surface area (Å²) in [6.45, 7) is 0.00380. The number of carbonyl (C=O) groups is 1. The van der Waals surface area contributed by atoms with Crippen molar-refractivity contribution in [3.8, 4) is 5.88 Å². The van der Waals surface area contributed by atoms with Crippen molar-refractivity contribution in [2.45, 2.75) is 5.92 Å². The molecule has 0 spiro atoms. The van der Waals surface area contributed by atoms with E-state index in [0.717, 1.165) is 0 Å². The van der Waals surface area contributed by atoms with Gasteiger partial charge in [0.05, 0.1) is 13.0 Å². The van der Waals surface area contributed by atoms with Crippen LogP contribution in [0.5, 0.6) is 5.88 Å². The van der Waals surface area contributed by atoms with Crippen molar-refractivity contribution >= 4 is 21.9 Å². The van der Waals surface area contributed by atoms with Gasteiger partial charge in [0.2, 0.25) is 5.88 Å². The number of carboxylic acids is 1. The van der Waals surface area contributed by atoms with E-state index >= 15 is 0 Å². The number of halogens is 1. The second kappa shape index (κ2) is 5.09. The van der Waals surface area contributed by atoms with E-state index in [1.54, 1.807) is 6.07 Å². The molecule has 6 heteroatoms. The van der Waals surface area contributed by atoms with Crippen LogP contribution in [0, 0.1) is 0 Å². The Labute approximate surface area is 95.4 Å². The van der Waals surface area contributed by atoms with Crippen molar-refractivity contribution in [1.29, 1.82) is 0 Å². The molecule has 0 aliphatic rings. The quantitative estimate of drug-likeness (QED) is 0.855. The zero-order chi connectivity index (χ0) is 11.4. The number of hydrogen-bond acceptors (Lipinski definition) is 4. The molecule has 1 heterocycles. The second-order valence-corrected chi connectivity index (χ2v) is 3.79. The normalized spacial score (nSPS) is 12.2. The number of pyridine rings is 1. The van der Waals surface area contributed by atoms with Gasteiger partial charge in [-0.15, -0.1) is 0 Å². The number of methoxy groups -OCH3 is 1. The summed E-state index contributed by atoms with van der Waals surface area (Å²) in [6, 6.07) is 1.65. The van der Waals surface area contributed by atoms with Crippen LogP contribution in [0.2, 0.25) is 0 Å². The molecule has 0 aromatic carbocycles. The minimum absolute atomic E-state index is 0.00380. The van der Waals surface area contributed by atoms with Gasteiger partial charge < -0.3 is 15.6 Å². The first kappa shape index (κ1) is 11.9. The number of rotatable bonds is 4. The molecule has 5 nitrogen and oxygen atoms in total. The lowest BCUT2D eigenvalue weighted by Crippen LogP contribution is -2.22. The van der Waals surface area contributed by atoms with Crippen LogP contribution in [0.15, 0.2) is 16.7 Å². The monoisotopic (exact) mass is 274 g/mol. The molecule has 1 atom stereocenters. The number of nitrogens with two attached hydrogens (primary N) is 1. The Morgan fingerprint density at radius 1 is 1.80 bits per heavy atom. The lowest BCUT2D eigenvalue weighted by atomic mass is 10.0. The summed E-state index contributed by atoms with van der Waals surface area (Å²) < 4.78 is 5.68. The maximum absolute atomic E-state index is 10.9. The van der Waals surface area contributed by atoms with Crippen LogP contribution < -0.4 is 10.5 Å². The molecule has 1 aromatic rings. The van der Waals surface area contributed by atoms with Crippen LogP contribution >= 0.6 is 15.9 Å². The van der Waals surface area contributed by atoms with Gasteiger partial charge in [0.1, 0.15) is 0 Å². The summed E-state index contributed by atoms with van der Waals surface area (Å²) in [5, 5.41) is 8.96. The highest BCUT2D eigenvalue weighted by Gasteiger charge is 2.22. The summed E-state index contributed by atoms with van der Waals surface area (Å²) in [4.78, 5) is 14.9. The third-order valence-electron chi connectivity index (χ3n) is 1.95. The molecule has 82 valence electrons. The summed E-state index contributed by atoms with van der Waals surface area (Å²) in [5.41, 5.74) is 5.87. The maximum Gasteiger partial charge on any atom is 0.312 e. The van der Waals surface area contributed by atoms with Gasteiger partial charge in [-0.3, -0.25) is 4.79 Å². The lowest BCUT2D eigenvalue weighted by Gasteiger charge is -2.13. The summed E-state index contributed by atoms with van der Waals surface area (Å²) in [5.74, 6) is -1.50. The van der Waals surface area contributed by atoms with Crippen LogP contribution in [0.1, 0.15) is 11.5 Å². The minimum Gasteiger partial charge on any atom is -0.481 e. The number of ether oxygens (including phenoxy) is 1. The highest BCUT2D eigenvalue weighted by atomic mass is 79.9. The third-order valence-corrected chi connectivity index (χ3v) is 2.38. The Hall–Kier alpha value is -1.14. The zero-order valence-corrected chi connectivity index (χ0v) is 9.69. The minimum atomic E-state index is -0.990. The molecule has 0 amide bonds. The number of aromatic nitrogens is 1. The second-order valence-electron chi connectivity index (χ2n) is 2.88. The van der Waals surface area contributed by atoms with Gasteiger partial charge in [0, 0.05) is 22.8 Å². The topological polar surface area (TPSA) is 85.4 Å². The predicted octanol–water partition coefficient (Wildman–Crippen LogP) is 0.980. The lowest BCUT2D eigenvalue weighted by molar-refractivity contribution is -0.138. The molecule has 0 fully saturated rings. The standard InChI is InChI=1S/C9H11BrN2O3/c1-15-8-6(2-5(10)4-12-8)7(3-11)9(13)14/h2,4,7H,3,11H2,1H3,(H,13,14). The summed E-state index contributed by atoms with van der Waals surface area (Å²) in [7, 11) is 1.44. The van der Waals surface area contributed by atoms with Gasteiger partial charge in [-0.2, -0.15) is 0 Å². The Balaban J connectivity index is 3.19. The van der Waals surface area contributed by atoms with Crippen molar-refractivity contribution in [2.75, 3.05) is 13.7 Å². The number of hydrogen-bond donors (Lipinski definition) is 2. The van der Waals surface area contributed by atoms with E-state index in [0.29, 0.717) is 10.0 Å². The van der Waals surface area contributed by atoms with Crippen molar-refractivity contribution in [3.05, 3.63) is 22.3 Å². The first-order chi connectivity index (χ1) is 7.10. The van der Waals surface area contributed by atoms with E-state index in [1.807, 2.05) is 0 Å². The SMILES string of the molecule is COc1ncc(Br)cc1C(CN)C(=O)O. The Morgan fingerprint density at radius 3 is 2.93 bits per heavy atom. The molecule has 1 aromatic heterocycles. The van der Waals surface area contributed by atoms with Crippen molar-refractivity contribution in [3.63, 3.8) is 0 Å². The largest absolute Gasteiger partial charge is 0.481 e. The molecule has 1 rings (SSSR count). The van der Waals surface area contributed by atoms with E-state index in [2.05, 4.69) is 20.9 Å². The molecular weight excluding hydrogens is 264 g/mol. The highest BCUT2D eigenvalue weighted by molar-refractivity contribution is 9.10. The van der Waals surface area contributed by atoms with Crippen LogP contribution in [-0.2, 0) is 4.79 Å². The van der Waals surface area contributed by atoms with E-state index in [9.17, 15) is 4.79 Å². The van der Waals surface area contributed by atoms with Gasteiger partial charge in [-0.1, -0.05) is 0 Å². The van der Waals surface area contributed by atoms with E-state index < -0.39 is 11.9 Å². The first-order valence-electron chi connectivity index (χ1n) is 4.22. The highest BCUT2D eigenvalue weighted by Crippen LogP contribution is 2.27. The molecule has 0 bridgehead atoms. The van der Waals surface area contributed by atoms with Crippen LogP contribution in [-0.4, -0.2) is 29.7 Å². The molecule has 1 unspecified atom stereocenters. The summed E-state index contributed by atoms with van der Waals surface area (Å²) in [6.07, 6.45) is 1.54. The van der Waals surface area contributed by atoms with Crippen molar-refractivity contribution in [1.82, 2.24) is 4.98 Å². The Morgan fingerprint density at radius 2 is 2.47 bits per heavy atom. The zero-order valence-electron chi connectivity index (χ0n) is 8.11. The Kier molecular flexibility index (Phi) is 4.05. The maximum atomic E-state index is 10.9. The summed E-state index contributed by atoms with van der Waals surface area (Å²) >= 11 is 3.22. The van der Waals surface area contributed by atoms with Crippen LogP contribution in [0.4, 0.5) is 0 Å². The average molecular weight is 275 g/mol. The van der Waals surface area contributed by atoms with Crippen molar-refractivity contribution in [2.24, 2.45) is 5.73 Å². The first-order valence-corrected chi connectivity index (χ1v) is 5.01. The molecular formula is C9H11BrN2O3. The average Bonchev–Trinajstić information content (AvgIpc) is 2.18. The van der Waals surface area contributed by atoms with Gasteiger partial charge >= 0.3 is 5.97 Å². The van der Waals surface area contributed by atoms with Gasteiger partial charge in [-0.25, -0.2) is 4.98 Å². The molecule has 0 radical (unpaired) electrons. The molecule has 0 saturated carbocycles.